The molecule has 4 nitrogen and oxygen atoms in total. The molecule has 1 aromatic heterocycles. The Hall–Kier alpha value is -1.16. The highest BCUT2D eigenvalue weighted by Gasteiger charge is 2.05. The summed E-state index contributed by atoms with van der Waals surface area (Å²) in [6.45, 7) is 3.11. The molecule has 0 aromatic carbocycles. The lowest BCUT2D eigenvalue weighted by molar-refractivity contribution is 0.376. The topological polar surface area (TPSA) is 38.3 Å². The molecular weight excluding hydrogens is 190 g/mol. The van der Waals surface area contributed by atoms with E-state index in [4.69, 9.17) is 4.74 Å². The van der Waals surface area contributed by atoms with Crippen LogP contribution in [-0.2, 0) is 12.8 Å². The van der Waals surface area contributed by atoms with Gasteiger partial charge in [0.2, 0.25) is 0 Å². The predicted molar refractivity (Wildman–Crippen MR) is 60.2 cm³/mol. The van der Waals surface area contributed by atoms with Gasteiger partial charge >= 0.3 is 6.01 Å². The fourth-order valence-electron chi connectivity index (χ4n) is 1.38. The maximum absolute atomic E-state index is 5.00. The minimum absolute atomic E-state index is 0.459. The third-order valence-electron chi connectivity index (χ3n) is 2.28. The lowest BCUT2D eigenvalue weighted by atomic mass is 10.1. The monoisotopic (exact) mass is 209 g/mol. The van der Waals surface area contributed by atoms with Crippen molar-refractivity contribution in [3.8, 4) is 6.01 Å². The van der Waals surface area contributed by atoms with Gasteiger partial charge < -0.3 is 9.64 Å². The molecule has 4 heteroatoms. The number of hydrogen-bond donors (Lipinski definition) is 0. The summed E-state index contributed by atoms with van der Waals surface area (Å²) in [5.74, 6) is 0. The van der Waals surface area contributed by atoms with E-state index in [-0.39, 0.29) is 0 Å². The smallest absolute Gasteiger partial charge is 0.316 e. The van der Waals surface area contributed by atoms with Crippen LogP contribution >= 0.6 is 0 Å². The molecule has 0 N–H and O–H groups in total. The number of nitrogens with zero attached hydrogens (tertiary/aromatic N) is 3. The number of rotatable bonds is 5. The summed E-state index contributed by atoms with van der Waals surface area (Å²) in [7, 11) is 5.72. The summed E-state index contributed by atoms with van der Waals surface area (Å²) >= 11 is 0. The molecule has 0 fully saturated rings. The van der Waals surface area contributed by atoms with Crippen LogP contribution in [0.1, 0.15) is 18.2 Å². The highest BCUT2D eigenvalue weighted by molar-refractivity contribution is 5.19. The van der Waals surface area contributed by atoms with Crippen molar-refractivity contribution in [2.75, 3.05) is 27.7 Å². The molecule has 0 saturated carbocycles. The summed E-state index contributed by atoms with van der Waals surface area (Å²) in [4.78, 5) is 10.6. The number of likely N-dealkylation sites (N-methyl/N-ethyl adjacent to an activating group) is 1. The Balaban J connectivity index is 2.78. The first-order valence-electron chi connectivity index (χ1n) is 5.20. The summed E-state index contributed by atoms with van der Waals surface area (Å²) in [5, 5.41) is 0. The minimum atomic E-state index is 0.459. The van der Waals surface area contributed by atoms with Crippen molar-refractivity contribution in [1.29, 1.82) is 0 Å². The molecule has 0 unspecified atom stereocenters. The Morgan fingerprint density at radius 2 is 2.13 bits per heavy atom. The van der Waals surface area contributed by atoms with Crippen molar-refractivity contribution < 1.29 is 4.74 Å². The average molecular weight is 209 g/mol. The van der Waals surface area contributed by atoms with Crippen LogP contribution in [0.15, 0.2) is 6.20 Å². The van der Waals surface area contributed by atoms with E-state index < -0.39 is 0 Å². The van der Waals surface area contributed by atoms with E-state index in [0.29, 0.717) is 6.01 Å². The van der Waals surface area contributed by atoms with Crippen molar-refractivity contribution in [2.24, 2.45) is 0 Å². The zero-order valence-electron chi connectivity index (χ0n) is 9.95. The highest BCUT2D eigenvalue weighted by Crippen LogP contribution is 2.11. The molecule has 0 aliphatic heterocycles. The molecule has 0 aliphatic rings. The molecular formula is C11H19N3O. The van der Waals surface area contributed by atoms with Gasteiger partial charge in [-0.3, -0.25) is 0 Å². The van der Waals surface area contributed by atoms with E-state index in [1.165, 1.54) is 5.56 Å². The lowest BCUT2D eigenvalue weighted by Gasteiger charge is -2.11. The van der Waals surface area contributed by atoms with Crippen molar-refractivity contribution in [3.63, 3.8) is 0 Å². The van der Waals surface area contributed by atoms with Gasteiger partial charge in [-0.15, -0.1) is 0 Å². The van der Waals surface area contributed by atoms with Gasteiger partial charge in [0, 0.05) is 12.7 Å². The van der Waals surface area contributed by atoms with E-state index in [2.05, 4.69) is 35.9 Å². The number of aromatic nitrogens is 2. The number of aryl methyl sites for hydroxylation is 1. The molecule has 0 bridgehead atoms. The minimum Gasteiger partial charge on any atom is -0.467 e. The van der Waals surface area contributed by atoms with Gasteiger partial charge in [-0.2, -0.15) is 0 Å². The fourth-order valence-corrected chi connectivity index (χ4v) is 1.38. The SMILES string of the molecule is CCc1nc(OC)ncc1CCN(C)C. The van der Waals surface area contributed by atoms with Gasteiger partial charge in [0.1, 0.15) is 0 Å². The summed E-state index contributed by atoms with van der Waals surface area (Å²) < 4.78 is 5.00. The normalized spacial score (nSPS) is 10.7. The molecule has 0 aliphatic carbocycles. The first-order valence-corrected chi connectivity index (χ1v) is 5.20. The third-order valence-corrected chi connectivity index (χ3v) is 2.28. The largest absolute Gasteiger partial charge is 0.467 e. The first-order chi connectivity index (χ1) is 7.17. The Kier molecular flexibility index (Phi) is 4.49. The van der Waals surface area contributed by atoms with Crippen LogP contribution in [-0.4, -0.2) is 42.6 Å². The zero-order chi connectivity index (χ0) is 11.3. The standard InChI is InChI=1S/C11H19N3O/c1-5-10-9(6-7-14(2)3)8-12-11(13-10)15-4/h8H,5-7H2,1-4H3. The summed E-state index contributed by atoms with van der Waals surface area (Å²) in [6, 6.07) is 0.459. The Bertz CT molecular complexity index is 313. The fraction of sp³-hybridized carbons (Fsp3) is 0.636. The molecule has 1 rings (SSSR count). The van der Waals surface area contributed by atoms with Crippen LogP contribution in [0.2, 0.25) is 0 Å². The van der Waals surface area contributed by atoms with Crippen molar-refractivity contribution >= 4 is 0 Å². The highest BCUT2D eigenvalue weighted by atomic mass is 16.5. The lowest BCUT2D eigenvalue weighted by Crippen LogP contribution is -2.16. The van der Waals surface area contributed by atoms with Gasteiger partial charge in [0.25, 0.3) is 0 Å². The van der Waals surface area contributed by atoms with E-state index in [0.717, 1.165) is 25.1 Å². The number of ether oxygens (including phenoxy) is 1. The Morgan fingerprint density at radius 3 is 2.67 bits per heavy atom. The van der Waals surface area contributed by atoms with Crippen LogP contribution in [0, 0.1) is 0 Å². The van der Waals surface area contributed by atoms with Crippen molar-refractivity contribution in [2.45, 2.75) is 19.8 Å². The maximum atomic E-state index is 5.00. The van der Waals surface area contributed by atoms with Gasteiger partial charge in [0.05, 0.1) is 12.8 Å². The second-order valence-electron chi connectivity index (χ2n) is 3.74. The van der Waals surface area contributed by atoms with E-state index in [9.17, 15) is 0 Å². The van der Waals surface area contributed by atoms with Gasteiger partial charge in [-0.25, -0.2) is 9.97 Å². The van der Waals surface area contributed by atoms with Crippen LogP contribution in [0.4, 0.5) is 0 Å². The van der Waals surface area contributed by atoms with Crippen LogP contribution < -0.4 is 4.74 Å². The zero-order valence-corrected chi connectivity index (χ0v) is 9.95. The van der Waals surface area contributed by atoms with Crippen molar-refractivity contribution in [1.82, 2.24) is 14.9 Å². The molecule has 0 atom stereocenters. The molecule has 84 valence electrons. The summed E-state index contributed by atoms with van der Waals surface area (Å²) in [5.41, 5.74) is 2.30. The Labute approximate surface area is 91.3 Å². The quantitative estimate of drug-likeness (QED) is 0.729. The second-order valence-corrected chi connectivity index (χ2v) is 3.74. The Morgan fingerprint density at radius 1 is 1.40 bits per heavy atom. The van der Waals surface area contributed by atoms with E-state index >= 15 is 0 Å². The molecule has 0 radical (unpaired) electrons. The molecule has 0 spiro atoms. The molecule has 1 heterocycles. The van der Waals surface area contributed by atoms with Gasteiger partial charge in [-0.1, -0.05) is 6.92 Å². The van der Waals surface area contributed by atoms with E-state index in [1.54, 1.807) is 7.11 Å². The van der Waals surface area contributed by atoms with E-state index in [1.807, 2.05) is 6.20 Å². The molecule has 1 aromatic rings. The van der Waals surface area contributed by atoms with Gasteiger partial charge in [0.15, 0.2) is 0 Å². The first kappa shape index (κ1) is 11.9. The third kappa shape index (κ3) is 3.47. The molecule has 0 saturated heterocycles. The average Bonchev–Trinajstić information content (AvgIpc) is 2.25. The van der Waals surface area contributed by atoms with Gasteiger partial charge in [-0.05, 0) is 32.5 Å². The predicted octanol–water partition coefficient (Wildman–Crippen LogP) is 1.15. The second kappa shape index (κ2) is 5.66. The molecule has 15 heavy (non-hydrogen) atoms. The van der Waals surface area contributed by atoms with Crippen LogP contribution in [0.5, 0.6) is 6.01 Å². The number of methoxy groups -OCH3 is 1. The van der Waals surface area contributed by atoms with Crippen molar-refractivity contribution in [3.05, 3.63) is 17.5 Å². The molecule has 0 amide bonds. The summed E-state index contributed by atoms with van der Waals surface area (Å²) in [6.07, 6.45) is 3.77. The van der Waals surface area contributed by atoms with Crippen LogP contribution in [0.25, 0.3) is 0 Å². The maximum Gasteiger partial charge on any atom is 0.316 e. The number of hydrogen-bond acceptors (Lipinski definition) is 4. The van der Waals surface area contributed by atoms with Crippen LogP contribution in [0.3, 0.4) is 0 Å².